The third-order valence-electron chi connectivity index (χ3n) is 4.81. The second-order valence-corrected chi connectivity index (χ2v) is 7.60. The molecule has 1 N–H and O–H groups in total. The molecule has 0 aliphatic carbocycles. The van der Waals surface area contributed by atoms with Crippen molar-refractivity contribution < 1.29 is 9.53 Å². The fourth-order valence-electron chi connectivity index (χ4n) is 3.26. The molecule has 144 valence electrons. The number of hydrogen-bond acceptors (Lipinski definition) is 4. The van der Waals surface area contributed by atoms with E-state index in [4.69, 9.17) is 4.74 Å². The van der Waals surface area contributed by atoms with Crippen molar-refractivity contribution in [2.45, 2.75) is 12.8 Å². The number of carbonyl (C=O) groups excluding carboxylic acids is 1. The normalized spacial score (nSPS) is 15.3. The molecule has 3 rings (SSSR count). The quantitative estimate of drug-likeness (QED) is 0.750. The number of benzene rings is 2. The highest BCUT2D eigenvalue weighted by Crippen LogP contribution is 2.20. The first-order chi connectivity index (χ1) is 13.1. The highest BCUT2D eigenvalue weighted by Gasteiger charge is 2.16. The Morgan fingerprint density at radius 1 is 1.04 bits per heavy atom. The first-order valence-electron chi connectivity index (χ1n) is 9.31. The first kappa shape index (κ1) is 19.7. The van der Waals surface area contributed by atoms with Gasteiger partial charge in [-0.15, -0.1) is 0 Å². The van der Waals surface area contributed by atoms with E-state index in [9.17, 15) is 4.79 Å². The summed E-state index contributed by atoms with van der Waals surface area (Å²) in [5, 5.41) is 2.96. The molecule has 0 radical (unpaired) electrons. The van der Waals surface area contributed by atoms with Crippen molar-refractivity contribution in [1.82, 2.24) is 4.90 Å². The summed E-state index contributed by atoms with van der Waals surface area (Å²) in [7, 11) is 1.69. The van der Waals surface area contributed by atoms with Gasteiger partial charge in [0, 0.05) is 48.4 Å². The topological polar surface area (TPSA) is 44.8 Å². The van der Waals surface area contributed by atoms with Crippen molar-refractivity contribution in [3.8, 4) is 5.75 Å². The maximum atomic E-state index is 12.2. The molecule has 5 nitrogen and oxygen atoms in total. The first-order valence-corrected chi connectivity index (χ1v) is 10.1. The number of hydrogen-bond donors (Lipinski definition) is 1. The zero-order valence-corrected chi connectivity index (χ0v) is 17.2. The van der Waals surface area contributed by atoms with Gasteiger partial charge in [-0.25, -0.2) is 0 Å². The van der Waals surface area contributed by atoms with Gasteiger partial charge in [-0.05, 0) is 61.5 Å². The van der Waals surface area contributed by atoms with Crippen LogP contribution >= 0.6 is 15.9 Å². The lowest BCUT2D eigenvalue weighted by atomic mass is 10.2. The van der Waals surface area contributed by atoms with Crippen LogP contribution in [0.2, 0.25) is 0 Å². The predicted molar refractivity (Wildman–Crippen MR) is 114 cm³/mol. The summed E-state index contributed by atoms with van der Waals surface area (Å²) in [5.74, 6) is 0.945. The number of nitrogens with one attached hydrogen (secondary N) is 1. The standard InChI is InChI=1S/C21H26BrN3O2/c1-27-20-9-7-19(8-10-20)25-13-2-12-24(15-16-25)14-11-21(26)23-18-5-3-17(22)4-6-18/h3-10H,2,11-16H2,1H3,(H,23,26). The van der Waals surface area contributed by atoms with Crippen LogP contribution in [-0.2, 0) is 4.79 Å². The highest BCUT2D eigenvalue weighted by atomic mass is 79.9. The molecule has 0 atom stereocenters. The lowest BCUT2D eigenvalue weighted by Crippen LogP contribution is -2.32. The van der Waals surface area contributed by atoms with E-state index < -0.39 is 0 Å². The molecule has 1 aliphatic heterocycles. The van der Waals surface area contributed by atoms with Crippen molar-refractivity contribution in [1.29, 1.82) is 0 Å². The molecular formula is C21H26BrN3O2. The second kappa shape index (κ2) is 9.76. The van der Waals surface area contributed by atoms with Crippen molar-refractivity contribution in [3.63, 3.8) is 0 Å². The number of halogens is 1. The zero-order chi connectivity index (χ0) is 19.1. The summed E-state index contributed by atoms with van der Waals surface area (Å²) in [4.78, 5) is 17.0. The summed E-state index contributed by atoms with van der Waals surface area (Å²) >= 11 is 3.40. The van der Waals surface area contributed by atoms with Crippen molar-refractivity contribution >= 4 is 33.2 Å². The Bertz CT molecular complexity index is 734. The second-order valence-electron chi connectivity index (χ2n) is 6.69. The Kier molecular flexibility index (Phi) is 7.12. The minimum absolute atomic E-state index is 0.0635. The average molecular weight is 432 g/mol. The van der Waals surface area contributed by atoms with Gasteiger partial charge in [-0.3, -0.25) is 4.79 Å². The minimum atomic E-state index is 0.0635. The molecule has 0 spiro atoms. The highest BCUT2D eigenvalue weighted by molar-refractivity contribution is 9.10. The van der Waals surface area contributed by atoms with E-state index in [1.54, 1.807) is 7.11 Å². The van der Waals surface area contributed by atoms with Gasteiger partial charge in [-0.1, -0.05) is 15.9 Å². The molecule has 6 heteroatoms. The van der Waals surface area contributed by atoms with Crippen LogP contribution in [0.1, 0.15) is 12.8 Å². The lowest BCUT2D eigenvalue weighted by molar-refractivity contribution is -0.116. The van der Waals surface area contributed by atoms with Crippen LogP contribution in [0.25, 0.3) is 0 Å². The molecule has 2 aromatic rings. The zero-order valence-electron chi connectivity index (χ0n) is 15.7. The van der Waals surface area contributed by atoms with Gasteiger partial charge in [-0.2, -0.15) is 0 Å². The van der Waals surface area contributed by atoms with Crippen molar-refractivity contribution in [2.24, 2.45) is 0 Å². The van der Waals surface area contributed by atoms with E-state index in [0.29, 0.717) is 6.42 Å². The van der Waals surface area contributed by atoms with Gasteiger partial charge in [0.1, 0.15) is 5.75 Å². The van der Waals surface area contributed by atoms with Crippen molar-refractivity contribution in [3.05, 3.63) is 53.0 Å². The summed E-state index contributed by atoms with van der Waals surface area (Å²) in [6.45, 7) is 4.79. The van der Waals surface area contributed by atoms with Crippen LogP contribution in [0.15, 0.2) is 53.0 Å². The monoisotopic (exact) mass is 431 g/mol. The maximum Gasteiger partial charge on any atom is 0.225 e. The summed E-state index contributed by atoms with van der Waals surface area (Å²) in [5.41, 5.74) is 2.07. The number of carbonyl (C=O) groups is 1. The molecule has 1 amide bonds. The molecule has 1 saturated heterocycles. The third-order valence-corrected chi connectivity index (χ3v) is 5.34. The molecule has 0 unspecified atom stereocenters. The van der Waals surface area contributed by atoms with Gasteiger partial charge < -0.3 is 19.9 Å². The van der Waals surface area contributed by atoms with Gasteiger partial charge in [0.05, 0.1) is 7.11 Å². The number of nitrogens with zero attached hydrogens (tertiary/aromatic N) is 2. The van der Waals surface area contributed by atoms with Crippen molar-refractivity contribution in [2.75, 3.05) is 50.1 Å². The summed E-state index contributed by atoms with van der Waals surface area (Å²) in [6.07, 6.45) is 1.61. The number of rotatable bonds is 6. The van der Waals surface area contributed by atoms with E-state index in [2.05, 4.69) is 43.2 Å². The molecule has 0 aromatic heterocycles. The van der Waals surface area contributed by atoms with E-state index >= 15 is 0 Å². The molecule has 2 aromatic carbocycles. The Balaban J connectivity index is 1.45. The lowest BCUT2D eigenvalue weighted by Gasteiger charge is -2.23. The SMILES string of the molecule is COc1ccc(N2CCCN(CCC(=O)Nc3ccc(Br)cc3)CC2)cc1. The Hall–Kier alpha value is -2.05. The van der Waals surface area contributed by atoms with Crippen LogP contribution in [0.4, 0.5) is 11.4 Å². The minimum Gasteiger partial charge on any atom is -0.497 e. The summed E-state index contributed by atoms with van der Waals surface area (Å²) in [6, 6.07) is 15.9. The fraction of sp³-hybridized carbons (Fsp3) is 0.381. The Morgan fingerprint density at radius 3 is 2.48 bits per heavy atom. The summed E-state index contributed by atoms with van der Waals surface area (Å²) < 4.78 is 6.24. The number of anilines is 2. The van der Waals surface area contributed by atoms with E-state index in [0.717, 1.165) is 55.1 Å². The van der Waals surface area contributed by atoms with E-state index in [1.807, 2.05) is 36.4 Å². The molecule has 27 heavy (non-hydrogen) atoms. The smallest absolute Gasteiger partial charge is 0.225 e. The molecule has 1 heterocycles. The van der Waals surface area contributed by atoms with Crippen LogP contribution < -0.4 is 15.0 Å². The molecule has 0 bridgehead atoms. The third kappa shape index (κ3) is 5.97. The van der Waals surface area contributed by atoms with Gasteiger partial charge >= 0.3 is 0 Å². The van der Waals surface area contributed by atoms with Gasteiger partial charge in [0.2, 0.25) is 5.91 Å². The predicted octanol–water partition coefficient (Wildman–Crippen LogP) is 4.00. The maximum absolute atomic E-state index is 12.2. The largest absolute Gasteiger partial charge is 0.497 e. The van der Waals surface area contributed by atoms with Crippen LogP contribution in [-0.4, -0.2) is 50.6 Å². The molecule has 0 saturated carbocycles. The van der Waals surface area contributed by atoms with Crippen LogP contribution in [0.5, 0.6) is 5.75 Å². The number of methoxy groups -OCH3 is 1. The van der Waals surface area contributed by atoms with E-state index in [1.165, 1.54) is 5.69 Å². The molecule has 1 fully saturated rings. The van der Waals surface area contributed by atoms with E-state index in [-0.39, 0.29) is 5.91 Å². The fourth-order valence-corrected chi connectivity index (χ4v) is 3.53. The molecular weight excluding hydrogens is 406 g/mol. The van der Waals surface area contributed by atoms with Gasteiger partial charge in [0.25, 0.3) is 0 Å². The average Bonchev–Trinajstić information content (AvgIpc) is 2.94. The van der Waals surface area contributed by atoms with Gasteiger partial charge in [0.15, 0.2) is 0 Å². The Labute approximate surface area is 169 Å². The number of amides is 1. The molecule has 1 aliphatic rings. The number of ether oxygens (including phenoxy) is 1. The van der Waals surface area contributed by atoms with Crippen LogP contribution in [0.3, 0.4) is 0 Å². The van der Waals surface area contributed by atoms with Crippen LogP contribution in [0, 0.1) is 0 Å². The Morgan fingerprint density at radius 2 is 1.78 bits per heavy atom.